The average molecular weight is 338 g/mol. The number of halogens is 3. The minimum atomic E-state index is -5.66. The van der Waals surface area contributed by atoms with Crippen LogP contribution in [0.2, 0.25) is 13.1 Å². The normalized spacial score (nSPS) is 14.1. The molecule has 0 radical (unpaired) electrons. The lowest BCUT2D eigenvalue weighted by molar-refractivity contribution is -0.0499. The van der Waals surface area contributed by atoms with Gasteiger partial charge in [-0.1, -0.05) is 42.6 Å². The first-order chi connectivity index (χ1) is 9.43. The maximum absolute atomic E-state index is 12.5. The third-order valence-electron chi connectivity index (χ3n) is 3.46. The van der Waals surface area contributed by atoms with E-state index < -0.39 is 23.7 Å². The van der Waals surface area contributed by atoms with E-state index in [0.29, 0.717) is 5.19 Å². The lowest BCUT2D eigenvalue weighted by atomic mass is 10.3. The fourth-order valence-corrected chi connectivity index (χ4v) is 4.75. The van der Waals surface area contributed by atoms with Crippen molar-refractivity contribution in [3.8, 4) is 5.75 Å². The molecule has 0 spiro atoms. The maximum atomic E-state index is 12.5. The zero-order valence-corrected chi connectivity index (χ0v) is 14.0. The first-order valence-electron chi connectivity index (χ1n) is 6.17. The Morgan fingerprint density at radius 3 is 2.24 bits per heavy atom. The standard InChI is InChI=1S/C13H17F3O3SSi/c1-5-10(2)21(3,4)12-9-7-6-8-11(12)19-20(17,18)13(14,15)16/h5-9H,1-4H3/b10-5+. The van der Waals surface area contributed by atoms with Gasteiger partial charge in [0.05, 0.1) is 0 Å². The van der Waals surface area contributed by atoms with Crippen molar-refractivity contribution in [2.75, 3.05) is 0 Å². The Morgan fingerprint density at radius 2 is 1.76 bits per heavy atom. The number of alkyl halides is 3. The smallest absolute Gasteiger partial charge is 0.376 e. The molecule has 1 aromatic rings. The largest absolute Gasteiger partial charge is 0.534 e. The van der Waals surface area contributed by atoms with Crippen LogP contribution in [0.5, 0.6) is 5.75 Å². The second-order valence-corrected chi connectivity index (χ2v) is 11.2. The van der Waals surface area contributed by atoms with Crippen molar-refractivity contribution in [1.29, 1.82) is 0 Å². The van der Waals surface area contributed by atoms with Crippen LogP contribution in [0.3, 0.4) is 0 Å². The molecule has 21 heavy (non-hydrogen) atoms. The molecule has 118 valence electrons. The summed E-state index contributed by atoms with van der Waals surface area (Å²) in [6.45, 7) is 7.55. The quantitative estimate of drug-likeness (QED) is 0.480. The van der Waals surface area contributed by atoms with E-state index in [0.717, 1.165) is 5.20 Å². The molecule has 1 rings (SSSR count). The number of hydrogen-bond acceptors (Lipinski definition) is 3. The van der Waals surface area contributed by atoms with E-state index in [1.807, 2.05) is 33.0 Å². The number of benzene rings is 1. The topological polar surface area (TPSA) is 43.4 Å². The first-order valence-corrected chi connectivity index (χ1v) is 10.6. The molecule has 0 fully saturated rings. The van der Waals surface area contributed by atoms with Crippen molar-refractivity contribution in [3.05, 3.63) is 35.5 Å². The predicted octanol–water partition coefficient (Wildman–Crippen LogP) is 3.34. The van der Waals surface area contributed by atoms with Crippen LogP contribution in [0, 0.1) is 0 Å². The molecule has 0 atom stereocenters. The van der Waals surface area contributed by atoms with E-state index in [2.05, 4.69) is 4.18 Å². The Bertz CT molecular complexity index is 649. The van der Waals surface area contributed by atoms with Gasteiger partial charge in [-0.15, -0.1) is 0 Å². The Kier molecular flexibility index (Phi) is 4.94. The van der Waals surface area contributed by atoms with E-state index in [1.54, 1.807) is 12.1 Å². The summed E-state index contributed by atoms with van der Waals surface area (Å²) in [5.74, 6) is -0.257. The first kappa shape index (κ1) is 17.8. The van der Waals surface area contributed by atoms with Crippen LogP contribution in [0.1, 0.15) is 13.8 Å². The average Bonchev–Trinajstić information content (AvgIpc) is 2.36. The van der Waals surface area contributed by atoms with Crippen LogP contribution in [-0.2, 0) is 10.1 Å². The highest BCUT2D eigenvalue weighted by atomic mass is 32.2. The maximum Gasteiger partial charge on any atom is 0.534 e. The molecule has 0 heterocycles. The second kappa shape index (κ2) is 5.84. The number of hydrogen-bond donors (Lipinski definition) is 0. The SMILES string of the molecule is C/C=C(\C)[Si](C)(C)c1ccccc1OS(=O)(=O)C(F)(F)F. The molecule has 0 aliphatic heterocycles. The Labute approximate surface area is 123 Å². The summed E-state index contributed by atoms with van der Waals surface area (Å²) < 4.78 is 64.1. The summed E-state index contributed by atoms with van der Waals surface area (Å²) in [5, 5.41) is 1.52. The third kappa shape index (κ3) is 3.68. The molecular formula is C13H17F3O3SSi. The molecule has 0 unspecified atom stereocenters. The van der Waals surface area contributed by atoms with E-state index in [9.17, 15) is 21.6 Å². The predicted molar refractivity (Wildman–Crippen MR) is 78.6 cm³/mol. The van der Waals surface area contributed by atoms with Crippen molar-refractivity contribution in [3.63, 3.8) is 0 Å². The minimum Gasteiger partial charge on any atom is -0.376 e. The van der Waals surface area contributed by atoms with Crippen LogP contribution >= 0.6 is 0 Å². The van der Waals surface area contributed by atoms with Gasteiger partial charge >= 0.3 is 15.6 Å². The monoisotopic (exact) mass is 338 g/mol. The second-order valence-electron chi connectivity index (χ2n) is 5.08. The number of para-hydroxylation sites is 1. The molecule has 0 N–H and O–H groups in total. The minimum absolute atomic E-state index is 0.257. The van der Waals surface area contributed by atoms with E-state index >= 15 is 0 Å². The molecule has 3 nitrogen and oxygen atoms in total. The van der Waals surface area contributed by atoms with Crippen molar-refractivity contribution >= 4 is 23.4 Å². The van der Waals surface area contributed by atoms with Gasteiger partial charge in [0.25, 0.3) is 0 Å². The van der Waals surface area contributed by atoms with E-state index in [1.165, 1.54) is 12.1 Å². The Morgan fingerprint density at radius 1 is 1.24 bits per heavy atom. The van der Waals surface area contributed by atoms with Gasteiger partial charge in [-0.25, -0.2) is 0 Å². The highest BCUT2D eigenvalue weighted by Gasteiger charge is 2.49. The third-order valence-corrected chi connectivity index (χ3v) is 8.45. The van der Waals surface area contributed by atoms with Crippen LogP contribution in [0.15, 0.2) is 35.5 Å². The molecule has 8 heteroatoms. The van der Waals surface area contributed by atoms with Crippen LogP contribution in [0.25, 0.3) is 0 Å². The Balaban J connectivity index is 3.37. The van der Waals surface area contributed by atoms with Crippen molar-refractivity contribution in [2.45, 2.75) is 32.4 Å². The van der Waals surface area contributed by atoms with Gasteiger partial charge in [-0.2, -0.15) is 21.6 Å². The van der Waals surface area contributed by atoms with E-state index in [4.69, 9.17) is 0 Å². The molecule has 0 aromatic heterocycles. The molecule has 0 amide bonds. The summed E-state index contributed by atoms with van der Waals surface area (Å²) in [4.78, 5) is 0. The van der Waals surface area contributed by atoms with Gasteiger partial charge in [-0.3, -0.25) is 0 Å². The van der Waals surface area contributed by atoms with Crippen molar-refractivity contribution in [2.24, 2.45) is 0 Å². The summed E-state index contributed by atoms with van der Waals surface area (Å²) in [5.41, 5.74) is -5.44. The van der Waals surface area contributed by atoms with Crippen LogP contribution < -0.4 is 9.37 Å². The van der Waals surface area contributed by atoms with Gasteiger partial charge in [-0.05, 0) is 25.1 Å². The number of rotatable bonds is 4. The van der Waals surface area contributed by atoms with Crippen molar-refractivity contribution < 1.29 is 25.8 Å². The van der Waals surface area contributed by atoms with Crippen LogP contribution in [0.4, 0.5) is 13.2 Å². The number of allylic oxidation sites excluding steroid dienone is 2. The van der Waals surface area contributed by atoms with Gasteiger partial charge in [0, 0.05) is 0 Å². The van der Waals surface area contributed by atoms with Gasteiger partial charge < -0.3 is 4.18 Å². The highest BCUT2D eigenvalue weighted by Crippen LogP contribution is 2.28. The molecule has 0 aliphatic rings. The summed E-state index contributed by atoms with van der Waals surface area (Å²) in [6, 6.07) is 5.96. The summed E-state index contributed by atoms with van der Waals surface area (Å²) >= 11 is 0. The summed E-state index contributed by atoms with van der Waals surface area (Å²) in [7, 11) is -7.95. The highest BCUT2D eigenvalue weighted by molar-refractivity contribution is 7.88. The molecular weight excluding hydrogens is 321 g/mol. The van der Waals surface area contributed by atoms with Crippen LogP contribution in [-0.4, -0.2) is 22.0 Å². The molecule has 0 aliphatic carbocycles. The van der Waals surface area contributed by atoms with Crippen molar-refractivity contribution in [1.82, 2.24) is 0 Å². The van der Waals surface area contributed by atoms with Gasteiger partial charge in [0.2, 0.25) is 0 Å². The fourth-order valence-electron chi connectivity index (χ4n) is 1.79. The lowest BCUT2D eigenvalue weighted by Crippen LogP contribution is -2.44. The fraction of sp³-hybridized carbons (Fsp3) is 0.385. The Hall–Kier alpha value is -1.28. The molecule has 0 saturated carbocycles. The van der Waals surface area contributed by atoms with E-state index in [-0.39, 0.29) is 5.75 Å². The lowest BCUT2D eigenvalue weighted by Gasteiger charge is -2.26. The molecule has 1 aromatic carbocycles. The zero-order chi connectivity index (χ0) is 16.5. The zero-order valence-electron chi connectivity index (χ0n) is 12.2. The summed E-state index contributed by atoms with van der Waals surface area (Å²) in [6.07, 6.45) is 1.88. The molecule has 0 saturated heterocycles. The van der Waals surface area contributed by atoms with Gasteiger partial charge in [0.15, 0.2) is 0 Å². The van der Waals surface area contributed by atoms with Gasteiger partial charge in [0.1, 0.15) is 13.8 Å². The molecule has 0 bridgehead atoms.